The second kappa shape index (κ2) is 14.3. The molecule has 0 spiro atoms. The van der Waals surface area contributed by atoms with Gasteiger partial charge < -0.3 is 25.4 Å². The molecule has 3 aromatic carbocycles. The van der Waals surface area contributed by atoms with E-state index in [1.54, 1.807) is 51.1 Å². The second-order valence-corrected chi connectivity index (χ2v) is 12.9. The van der Waals surface area contributed by atoms with Gasteiger partial charge in [0.1, 0.15) is 12.3 Å². The number of aromatic nitrogens is 2. The fraction of sp³-hybridized carbons (Fsp3) is 0.343. The van der Waals surface area contributed by atoms with Crippen LogP contribution in [0.2, 0.25) is 0 Å². The van der Waals surface area contributed by atoms with Crippen LogP contribution in [0.1, 0.15) is 66.5 Å². The Labute approximate surface area is 284 Å². The van der Waals surface area contributed by atoms with E-state index < -0.39 is 41.5 Å². The number of halogens is 6. The summed E-state index contributed by atoms with van der Waals surface area (Å²) in [6.45, 7) is 5.60. The number of hydrogen-bond donors (Lipinski definition) is 3. The molecule has 0 unspecified atom stereocenters. The number of amides is 2. The van der Waals surface area contributed by atoms with Crippen molar-refractivity contribution in [2.75, 3.05) is 17.2 Å². The van der Waals surface area contributed by atoms with Crippen LogP contribution in [-0.4, -0.2) is 40.2 Å². The van der Waals surface area contributed by atoms with Crippen molar-refractivity contribution in [2.45, 2.75) is 64.7 Å². The molecule has 0 bridgehead atoms. The third kappa shape index (κ3) is 10.2. The van der Waals surface area contributed by atoms with E-state index in [9.17, 15) is 35.9 Å². The van der Waals surface area contributed by atoms with Gasteiger partial charge >= 0.3 is 18.6 Å². The highest BCUT2D eigenvalue weighted by molar-refractivity contribution is 6.03. The molecule has 1 aromatic heterocycles. The van der Waals surface area contributed by atoms with E-state index in [0.717, 1.165) is 17.5 Å². The van der Waals surface area contributed by atoms with Gasteiger partial charge in [-0.25, -0.2) is 9.48 Å². The predicted molar refractivity (Wildman–Crippen MR) is 173 cm³/mol. The maximum atomic E-state index is 13.8. The minimum Gasteiger partial charge on any atom is -0.445 e. The molecule has 0 atom stereocenters. The van der Waals surface area contributed by atoms with Gasteiger partial charge in [0, 0.05) is 23.8 Å². The van der Waals surface area contributed by atoms with Crippen molar-refractivity contribution in [2.24, 2.45) is 5.92 Å². The lowest BCUT2D eigenvalue weighted by Gasteiger charge is -2.20. The molecule has 0 aliphatic heterocycles. The fourth-order valence-corrected chi connectivity index (χ4v) is 5.02. The van der Waals surface area contributed by atoms with E-state index >= 15 is 0 Å². The minimum atomic E-state index is -4.89. The second-order valence-electron chi connectivity index (χ2n) is 12.9. The number of para-hydroxylation sites is 1. The Balaban J connectivity index is 1.37. The first-order chi connectivity index (χ1) is 23.4. The van der Waals surface area contributed by atoms with Crippen molar-refractivity contribution in [3.8, 4) is 11.4 Å². The van der Waals surface area contributed by atoms with Gasteiger partial charge in [0.2, 0.25) is 0 Å². The van der Waals surface area contributed by atoms with E-state index in [1.807, 2.05) is 0 Å². The molecule has 1 aliphatic carbocycles. The summed E-state index contributed by atoms with van der Waals surface area (Å²) in [5.41, 5.74) is -0.152. The van der Waals surface area contributed by atoms with Gasteiger partial charge in [0.15, 0.2) is 11.4 Å². The van der Waals surface area contributed by atoms with E-state index in [-0.39, 0.29) is 35.8 Å². The van der Waals surface area contributed by atoms with Crippen molar-refractivity contribution in [3.63, 3.8) is 0 Å². The average molecular weight is 704 g/mol. The summed E-state index contributed by atoms with van der Waals surface area (Å²) < 4.78 is 91.2. The number of ether oxygens (including phenoxy) is 2. The largest absolute Gasteiger partial charge is 0.573 e. The number of carbonyl (C=O) groups is 2. The molecule has 1 aliphatic rings. The summed E-state index contributed by atoms with van der Waals surface area (Å²) in [7, 11) is 0. The van der Waals surface area contributed by atoms with Crippen LogP contribution >= 0.6 is 0 Å². The van der Waals surface area contributed by atoms with Crippen molar-refractivity contribution < 1.29 is 45.4 Å². The molecular formula is C35H35F6N5O4. The predicted octanol–water partition coefficient (Wildman–Crippen LogP) is 8.48. The first kappa shape index (κ1) is 36.1. The van der Waals surface area contributed by atoms with Gasteiger partial charge in [0.05, 0.1) is 11.4 Å². The molecule has 5 rings (SSSR count). The van der Waals surface area contributed by atoms with Crippen molar-refractivity contribution >= 4 is 23.4 Å². The Kier molecular flexibility index (Phi) is 10.3. The number of alkyl halides is 6. The fourth-order valence-electron chi connectivity index (χ4n) is 5.02. The Hall–Kier alpha value is -5.21. The number of hydrogen-bond acceptors (Lipinski definition) is 6. The van der Waals surface area contributed by atoms with Crippen LogP contribution < -0.4 is 20.7 Å². The summed E-state index contributed by atoms with van der Waals surface area (Å²) in [5, 5.41) is 12.0. The lowest BCUT2D eigenvalue weighted by molar-refractivity contribution is -0.274. The van der Waals surface area contributed by atoms with E-state index in [0.29, 0.717) is 35.2 Å². The molecule has 4 aromatic rings. The van der Waals surface area contributed by atoms with Gasteiger partial charge in [0.25, 0.3) is 5.91 Å². The highest BCUT2D eigenvalue weighted by Gasteiger charge is 2.36. The van der Waals surface area contributed by atoms with E-state index in [4.69, 9.17) is 4.74 Å². The van der Waals surface area contributed by atoms with Gasteiger partial charge in [-0.1, -0.05) is 36.4 Å². The van der Waals surface area contributed by atoms with Crippen LogP contribution in [0, 0.1) is 5.92 Å². The number of nitrogens with one attached hydrogen (secondary N) is 3. The first-order valence-electron chi connectivity index (χ1n) is 15.7. The summed E-state index contributed by atoms with van der Waals surface area (Å²) in [6, 6.07) is 17.4. The number of nitrogens with zero attached hydrogens (tertiary/aromatic N) is 2. The SMILES string of the molecule is CC(C)(C)NC(=O)OCc1cccc(-n2nc(C(F)(F)F)cc2C(=O)Nc2cccc(Cc3cccc(OC(F)(F)F)c3NCC3CC3)c2)c1. The first-order valence-corrected chi connectivity index (χ1v) is 15.7. The van der Waals surface area contributed by atoms with Crippen LogP contribution in [-0.2, 0) is 23.9 Å². The smallest absolute Gasteiger partial charge is 0.445 e. The molecule has 50 heavy (non-hydrogen) atoms. The van der Waals surface area contributed by atoms with Crippen LogP contribution in [0.15, 0.2) is 72.8 Å². The van der Waals surface area contributed by atoms with Gasteiger partial charge in [-0.15, -0.1) is 13.2 Å². The lowest BCUT2D eigenvalue weighted by Crippen LogP contribution is -2.40. The highest BCUT2D eigenvalue weighted by atomic mass is 19.4. The van der Waals surface area contributed by atoms with Crippen molar-refractivity contribution in [1.82, 2.24) is 15.1 Å². The minimum absolute atomic E-state index is 0.115. The third-order valence-electron chi connectivity index (χ3n) is 7.42. The maximum absolute atomic E-state index is 13.8. The molecule has 1 fully saturated rings. The summed E-state index contributed by atoms with van der Waals surface area (Å²) in [6.07, 6.45) is -8.32. The molecule has 9 nitrogen and oxygen atoms in total. The third-order valence-corrected chi connectivity index (χ3v) is 7.42. The molecule has 2 amide bonds. The molecule has 266 valence electrons. The van der Waals surface area contributed by atoms with E-state index in [1.165, 1.54) is 36.4 Å². The zero-order valence-electron chi connectivity index (χ0n) is 27.3. The Morgan fingerprint density at radius 2 is 1.60 bits per heavy atom. The highest BCUT2D eigenvalue weighted by Crippen LogP contribution is 2.37. The number of carbonyl (C=O) groups excluding carboxylic acids is 2. The average Bonchev–Trinajstić information content (AvgIpc) is 3.71. The summed E-state index contributed by atoms with van der Waals surface area (Å²) >= 11 is 0. The van der Waals surface area contributed by atoms with Crippen LogP contribution in [0.3, 0.4) is 0 Å². The Morgan fingerprint density at radius 1 is 0.900 bits per heavy atom. The zero-order chi connectivity index (χ0) is 36.3. The van der Waals surface area contributed by atoms with Crippen LogP contribution in [0.25, 0.3) is 5.69 Å². The number of benzene rings is 3. The maximum Gasteiger partial charge on any atom is 0.573 e. The summed E-state index contributed by atoms with van der Waals surface area (Å²) in [4.78, 5) is 25.6. The van der Waals surface area contributed by atoms with E-state index in [2.05, 4.69) is 25.8 Å². The molecule has 0 radical (unpaired) electrons. The van der Waals surface area contributed by atoms with Gasteiger partial charge in [-0.3, -0.25) is 4.79 Å². The standard InChI is InChI=1S/C35H35F6N5O4/c1-33(2,3)44-32(48)49-20-23-8-5-11-26(17-23)46-27(18-29(45-46)34(36,37)38)31(47)43-25-10-4-7-22(16-25)15-24-9-6-12-28(50-35(39,40)41)30(24)42-19-21-13-14-21/h4-12,16-18,21,42H,13-15,19-20H2,1-3H3,(H,43,47)(H,44,48). The molecule has 1 heterocycles. The zero-order valence-corrected chi connectivity index (χ0v) is 27.3. The van der Waals surface area contributed by atoms with Crippen LogP contribution in [0.4, 0.5) is 42.5 Å². The van der Waals surface area contributed by atoms with Gasteiger partial charge in [-0.2, -0.15) is 18.3 Å². The van der Waals surface area contributed by atoms with Crippen LogP contribution in [0.5, 0.6) is 5.75 Å². The lowest BCUT2D eigenvalue weighted by atomic mass is 10.0. The normalized spacial score (nSPS) is 13.5. The number of rotatable bonds is 11. The molecule has 15 heteroatoms. The molecule has 1 saturated carbocycles. The van der Waals surface area contributed by atoms with Gasteiger partial charge in [-0.05, 0) is 93.0 Å². The molecule has 0 saturated heterocycles. The number of alkyl carbamates (subject to hydrolysis) is 1. The quantitative estimate of drug-likeness (QED) is 0.135. The summed E-state index contributed by atoms with van der Waals surface area (Å²) in [5.74, 6) is -0.899. The number of anilines is 2. The topological polar surface area (TPSA) is 107 Å². The molecular weight excluding hydrogens is 668 g/mol. The monoisotopic (exact) mass is 703 g/mol. The Morgan fingerprint density at radius 3 is 2.28 bits per heavy atom. The molecule has 3 N–H and O–H groups in total. The van der Waals surface area contributed by atoms with Crippen molar-refractivity contribution in [1.29, 1.82) is 0 Å². The van der Waals surface area contributed by atoms with Crippen molar-refractivity contribution in [3.05, 3.63) is 101 Å². The Bertz CT molecular complexity index is 1840.